The molecule has 20 heavy (non-hydrogen) atoms. The van der Waals surface area contributed by atoms with Crippen molar-refractivity contribution in [3.63, 3.8) is 0 Å². The number of nitrogens with zero attached hydrogens (tertiary/aromatic N) is 1. The SMILES string of the molecule is CC(CCCO)NC(=O)NC1CC2CCCC(C1)N2C. The van der Waals surface area contributed by atoms with E-state index in [9.17, 15) is 4.79 Å². The Morgan fingerprint density at radius 1 is 1.35 bits per heavy atom. The van der Waals surface area contributed by atoms with Gasteiger partial charge >= 0.3 is 6.03 Å². The van der Waals surface area contributed by atoms with Crippen molar-refractivity contribution in [2.24, 2.45) is 0 Å². The first kappa shape index (κ1) is 15.6. The lowest BCUT2D eigenvalue weighted by molar-refractivity contribution is 0.0508. The highest BCUT2D eigenvalue weighted by Crippen LogP contribution is 2.32. The summed E-state index contributed by atoms with van der Waals surface area (Å²) in [6.07, 6.45) is 7.56. The van der Waals surface area contributed by atoms with E-state index in [1.54, 1.807) is 0 Å². The molecule has 0 spiro atoms. The van der Waals surface area contributed by atoms with E-state index in [1.807, 2.05) is 6.92 Å². The van der Waals surface area contributed by atoms with Crippen molar-refractivity contribution < 1.29 is 9.90 Å². The third kappa shape index (κ3) is 4.09. The first-order valence-corrected chi connectivity index (χ1v) is 8.00. The molecular formula is C15H29N3O2. The first-order chi connectivity index (χ1) is 9.60. The standard InChI is InChI=1S/C15H29N3O2/c1-11(5-4-8-19)16-15(20)17-12-9-13-6-3-7-14(10-12)18(13)2/h11-14,19H,3-10H2,1-2H3,(H2,16,17,20). The summed E-state index contributed by atoms with van der Waals surface area (Å²) in [6.45, 7) is 2.17. The van der Waals surface area contributed by atoms with Crippen LogP contribution in [0.15, 0.2) is 0 Å². The van der Waals surface area contributed by atoms with E-state index in [-0.39, 0.29) is 18.7 Å². The van der Waals surface area contributed by atoms with Crippen molar-refractivity contribution in [1.29, 1.82) is 0 Å². The first-order valence-electron chi connectivity index (χ1n) is 8.00. The van der Waals surface area contributed by atoms with Gasteiger partial charge in [0.2, 0.25) is 0 Å². The van der Waals surface area contributed by atoms with E-state index in [0.29, 0.717) is 18.1 Å². The van der Waals surface area contributed by atoms with E-state index >= 15 is 0 Å². The molecule has 2 saturated heterocycles. The average molecular weight is 283 g/mol. The van der Waals surface area contributed by atoms with Gasteiger partial charge in [-0.15, -0.1) is 0 Å². The number of hydrogen-bond acceptors (Lipinski definition) is 3. The number of fused-ring (bicyclic) bond motifs is 2. The molecule has 0 aromatic heterocycles. The van der Waals surface area contributed by atoms with Crippen LogP contribution >= 0.6 is 0 Å². The molecule has 2 aliphatic rings. The molecule has 0 radical (unpaired) electrons. The molecule has 0 saturated carbocycles. The number of hydrogen-bond donors (Lipinski definition) is 3. The summed E-state index contributed by atoms with van der Waals surface area (Å²) in [7, 11) is 2.22. The summed E-state index contributed by atoms with van der Waals surface area (Å²) in [5.74, 6) is 0. The molecule has 3 atom stereocenters. The van der Waals surface area contributed by atoms with E-state index < -0.39 is 0 Å². The van der Waals surface area contributed by atoms with Gasteiger partial charge in [-0.25, -0.2) is 4.79 Å². The molecule has 116 valence electrons. The Morgan fingerprint density at radius 2 is 2.00 bits per heavy atom. The molecule has 0 aliphatic carbocycles. The fourth-order valence-corrected chi connectivity index (χ4v) is 3.65. The molecule has 0 aromatic rings. The Kier molecular flexibility index (Phi) is 5.66. The summed E-state index contributed by atoms with van der Waals surface area (Å²) in [6, 6.07) is 1.65. The minimum absolute atomic E-state index is 0.0527. The minimum Gasteiger partial charge on any atom is -0.396 e. The van der Waals surface area contributed by atoms with Crippen molar-refractivity contribution in [2.75, 3.05) is 13.7 Å². The lowest BCUT2D eigenvalue weighted by Gasteiger charge is -2.47. The maximum Gasteiger partial charge on any atom is 0.315 e. The molecule has 3 N–H and O–H groups in total. The lowest BCUT2D eigenvalue weighted by Crippen LogP contribution is -2.56. The third-order valence-electron chi connectivity index (χ3n) is 4.85. The maximum atomic E-state index is 12.0. The number of piperidine rings is 2. The summed E-state index contributed by atoms with van der Waals surface area (Å²) in [5, 5.41) is 14.9. The predicted octanol–water partition coefficient (Wildman–Crippen LogP) is 1.46. The highest BCUT2D eigenvalue weighted by atomic mass is 16.3. The summed E-state index contributed by atoms with van der Waals surface area (Å²) in [5.41, 5.74) is 0. The van der Waals surface area contributed by atoms with Crippen molar-refractivity contribution in [2.45, 2.75) is 76.0 Å². The smallest absolute Gasteiger partial charge is 0.315 e. The monoisotopic (exact) mass is 283 g/mol. The Hall–Kier alpha value is -0.810. The number of carbonyl (C=O) groups excluding carboxylic acids is 1. The third-order valence-corrected chi connectivity index (χ3v) is 4.85. The number of nitrogens with one attached hydrogen (secondary N) is 2. The van der Waals surface area contributed by atoms with Crippen LogP contribution in [0.4, 0.5) is 4.79 Å². The van der Waals surface area contributed by atoms with Crippen LogP contribution in [0.3, 0.4) is 0 Å². The number of rotatable bonds is 5. The van der Waals surface area contributed by atoms with Gasteiger partial charge in [0.25, 0.3) is 0 Å². The Balaban J connectivity index is 1.74. The van der Waals surface area contributed by atoms with Gasteiger partial charge in [-0.1, -0.05) is 6.42 Å². The van der Waals surface area contributed by atoms with Crippen LogP contribution in [-0.4, -0.2) is 53.9 Å². The van der Waals surface area contributed by atoms with Gasteiger partial charge < -0.3 is 20.6 Å². The van der Waals surface area contributed by atoms with E-state index in [4.69, 9.17) is 5.11 Å². The number of amides is 2. The number of carbonyl (C=O) groups is 1. The molecule has 2 rings (SSSR count). The van der Waals surface area contributed by atoms with Gasteiger partial charge in [-0.2, -0.15) is 0 Å². The van der Waals surface area contributed by atoms with Crippen molar-refractivity contribution in [3.8, 4) is 0 Å². The van der Waals surface area contributed by atoms with Crippen molar-refractivity contribution in [1.82, 2.24) is 15.5 Å². The molecule has 2 aliphatic heterocycles. The Labute approximate surface area is 122 Å². The second-order valence-corrected chi connectivity index (χ2v) is 6.46. The van der Waals surface area contributed by atoms with Crippen molar-refractivity contribution >= 4 is 6.03 Å². The van der Waals surface area contributed by atoms with Gasteiger partial charge in [-0.3, -0.25) is 0 Å². The van der Waals surface area contributed by atoms with E-state index in [1.165, 1.54) is 19.3 Å². The largest absolute Gasteiger partial charge is 0.396 e. The van der Waals surface area contributed by atoms with Crippen LogP contribution in [0.1, 0.15) is 51.9 Å². The molecule has 2 amide bonds. The van der Waals surface area contributed by atoms with Crippen molar-refractivity contribution in [3.05, 3.63) is 0 Å². The average Bonchev–Trinajstić information content (AvgIpc) is 2.37. The number of aliphatic hydroxyl groups excluding tert-OH is 1. The molecule has 3 unspecified atom stereocenters. The topological polar surface area (TPSA) is 64.6 Å². The predicted molar refractivity (Wildman–Crippen MR) is 79.7 cm³/mol. The Bertz CT molecular complexity index is 310. The molecule has 2 fully saturated rings. The molecular weight excluding hydrogens is 254 g/mol. The quantitative estimate of drug-likeness (QED) is 0.716. The second-order valence-electron chi connectivity index (χ2n) is 6.46. The minimum atomic E-state index is -0.0527. The van der Waals surface area contributed by atoms with Crippen LogP contribution < -0.4 is 10.6 Å². The number of urea groups is 1. The normalized spacial score (nSPS) is 31.6. The van der Waals surface area contributed by atoms with Gasteiger partial charge in [-0.05, 0) is 52.5 Å². The zero-order valence-corrected chi connectivity index (χ0v) is 12.8. The number of aliphatic hydroxyl groups is 1. The Morgan fingerprint density at radius 3 is 2.60 bits per heavy atom. The van der Waals surface area contributed by atoms with Gasteiger partial charge in [0.05, 0.1) is 0 Å². The van der Waals surface area contributed by atoms with E-state index in [2.05, 4.69) is 22.6 Å². The summed E-state index contributed by atoms with van der Waals surface area (Å²) >= 11 is 0. The summed E-state index contributed by atoms with van der Waals surface area (Å²) in [4.78, 5) is 14.5. The lowest BCUT2D eigenvalue weighted by atomic mass is 9.82. The van der Waals surface area contributed by atoms with Crippen LogP contribution in [0.5, 0.6) is 0 Å². The molecule has 2 bridgehead atoms. The zero-order chi connectivity index (χ0) is 14.5. The molecule has 5 heteroatoms. The van der Waals surface area contributed by atoms with Gasteiger partial charge in [0.1, 0.15) is 0 Å². The highest BCUT2D eigenvalue weighted by molar-refractivity contribution is 5.74. The van der Waals surface area contributed by atoms with Gasteiger partial charge in [0, 0.05) is 30.8 Å². The maximum absolute atomic E-state index is 12.0. The van der Waals surface area contributed by atoms with Crippen LogP contribution in [-0.2, 0) is 0 Å². The molecule has 5 nitrogen and oxygen atoms in total. The summed E-state index contributed by atoms with van der Waals surface area (Å²) < 4.78 is 0. The fourth-order valence-electron chi connectivity index (χ4n) is 3.65. The zero-order valence-electron chi connectivity index (χ0n) is 12.8. The van der Waals surface area contributed by atoms with E-state index in [0.717, 1.165) is 25.7 Å². The van der Waals surface area contributed by atoms with Crippen LogP contribution in [0, 0.1) is 0 Å². The van der Waals surface area contributed by atoms with Crippen LogP contribution in [0.2, 0.25) is 0 Å². The molecule has 0 aromatic carbocycles. The highest BCUT2D eigenvalue weighted by Gasteiger charge is 2.36. The fraction of sp³-hybridized carbons (Fsp3) is 0.933. The molecule has 2 heterocycles. The van der Waals surface area contributed by atoms with Crippen LogP contribution in [0.25, 0.3) is 0 Å². The van der Waals surface area contributed by atoms with Gasteiger partial charge in [0.15, 0.2) is 0 Å². The second kappa shape index (κ2) is 7.27.